The summed E-state index contributed by atoms with van der Waals surface area (Å²) in [5.74, 6) is 0.666. The Morgan fingerprint density at radius 3 is 2.54 bits per heavy atom. The number of hydrogen-bond acceptors (Lipinski definition) is 3. The molecule has 24 heavy (non-hydrogen) atoms. The lowest BCUT2D eigenvalue weighted by Gasteiger charge is -2.15. The molecule has 0 saturated heterocycles. The van der Waals surface area contributed by atoms with E-state index in [0.29, 0.717) is 5.69 Å². The van der Waals surface area contributed by atoms with Crippen molar-refractivity contribution in [2.24, 2.45) is 0 Å². The van der Waals surface area contributed by atoms with E-state index in [1.807, 2.05) is 67.8 Å². The van der Waals surface area contributed by atoms with Crippen molar-refractivity contribution >= 4 is 11.6 Å². The summed E-state index contributed by atoms with van der Waals surface area (Å²) in [5, 5.41) is 3.05. The summed E-state index contributed by atoms with van der Waals surface area (Å²) in [6, 6.07) is 11.5. The van der Waals surface area contributed by atoms with E-state index in [1.54, 1.807) is 7.11 Å². The highest BCUT2D eigenvalue weighted by atomic mass is 16.5. The van der Waals surface area contributed by atoms with Gasteiger partial charge in [-0.3, -0.25) is 9.20 Å². The molecule has 5 heteroatoms. The van der Waals surface area contributed by atoms with Crippen LogP contribution in [0.4, 0.5) is 0 Å². The maximum absolute atomic E-state index is 12.8. The topological polar surface area (TPSA) is 55.6 Å². The van der Waals surface area contributed by atoms with Gasteiger partial charge in [-0.05, 0) is 50.1 Å². The van der Waals surface area contributed by atoms with E-state index in [1.165, 1.54) is 0 Å². The highest BCUT2D eigenvalue weighted by Crippen LogP contribution is 2.19. The molecule has 0 fully saturated rings. The van der Waals surface area contributed by atoms with E-state index in [4.69, 9.17) is 4.74 Å². The van der Waals surface area contributed by atoms with E-state index in [0.717, 1.165) is 28.2 Å². The smallest absolute Gasteiger partial charge is 0.270 e. The number of rotatable bonds is 4. The number of nitrogens with zero attached hydrogens (tertiary/aromatic N) is 2. The van der Waals surface area contributed by atoms with Gasteiger partial charge in [0.1, 0.15) is 17.1 Å². The Kier molecular flexibility index (Phi) is 4.25. The first kappa shape index (κ1) is 16.1. The van der Waals surface area contributed by atoms with E-state index in [2.05, 4.69) is 10.3 Å². The quantitative estimate of drug-likeness (QED) is 0.800. The SMILES string of the molecule is COc1ccc([C@@H](C)NC(=O)c2c(C)nc3ccc(C)cn23)cc1. The molecule has 2 aromatic heterocycles. The van der Waals surface area contributed by atoms with Crippen molar-refractivity contribution in [2.75, 3.05) is 7.11 Å². The first-order valence-corrected chi connectivity index (χ1v) is 7.89. The predicted octanol–water partition coefficient (Wildman–Crippen LogP) is 3.45. The summed E-state index contributed by atoms with van der Waals surface area (Å²) in [5.41, 5.74) is 4.18. The van der Waals surface area contributed by atoms with Crippen LogP contribution in [0.15, 0.2) is 42.6 Å². The zero-order valence-corrected chi connectivity index (χ0v) is 14.3. The Hall–Kier alpha value is -2.82. The molecule has 0 spiro atoms. The highest BCUT2D eigenvalue weighted by Gasteiger charge is 2.19. The Morgan fingerprint density at radius 1 is 1.17 bits per heavy atom. The summed E-state index contributed by atoms with van der Waals surface area (Å²) < 4.78 is 7.01. The number of carbonyl (C=O) groups is 1. The molecule has 0 radical (unpaired) electrons. The fraction of sp³-hybridized carbons (Fsp3) is 0.263. The van der Waals surface area contributed by atoms with Gasteiger partial charge in [0.05, 0.1) is 18.8 Å². The summed E-state index contributed by atoms with van der Waals surface area (Å²) in [7, 11) is 1.63. The molecule has 0 bridgehead atoms. The summed E-state index contributed by atoms with van der Waals surface area (Å²) in [6.07, 6.45) is 1.93. The maximum Gasteiger partial charge on any atom is 0.270 e. The van der Waals surface area contributed by atoms with Crippen molar-refractivity contribution in [3.8, 4) is 5.75 Å². The zero-order chi connectivity index (χ0) is 17.3. The van der Waals surface area contributed by atoms with E-state index < -0.39 is 0 Å². The van der Waals surface area contributed by atoms with Crippen LogP contribution in [0.1, 0.15) is 40.3 Å². The molecular weight excluding hydrogens is 302 g/mol. The second-order valence-electron chi connectivity index (χ2n) is 5.95. The van der Waals surface area contributed by atoms with Crippen molar-refractivity contribution in [1.29, 1.82) is 0 Å². The van der Waals surface area contributed by atoms with E-state index >= 15 is 0 Å². The number of hydrogen-bond donors (Lipinski definition) is 1. The van der Waals surface area contributed by atoms with Gasteiger partial charge >= 0.3 is 0 Å². The van der Waals surface area contributed by atoms with Crippen LogP contribution in [-0.4, -0.2) is 22.4 Å². The molecule has 3 aromatic rings. The molecule has 0 aliphatic heterocycles. The third-order valence-electron chi connectivity index (χ3n) is 4.12. The van der Waals surface area contributed by atoms with Crippen molar-refractivity contribution < 1.29 is 9.53 Å². The predicted molar refractivity (Wildman–Crippen MR) is 93.5 cm³/mol. The molecule has 0 unspecified atom stereocenters. The van der Waals surface area contributed by atoms with Gasteiger partial charge in [0.2, 0.25) is 0 Å². The Labute approximate surface area is 141 Å². The van der Waals surface area contributed by atoms with Crippen LogP contribution in [0.3, 0.4) is 0 Å². The third-order valence-corrected chi connectivity index (χ3v) is 4.12. The number of benzene rings is 1. The monoisotopic (exact) mass is 323 g/mol. The van der Waals surface area contributed by atoms with E-state index in [-0.39, 0.29) is 11.9 Å². The molecule has 1 atom stereocenters. The number of nitrogens with one attached hydrogen (secondary N) is 1. The average molecular weight is 323 g/mol. The summed E-state index contributed by atoms with van der Waals surface area (Å²) in [4.78, 5) is 17.2. The molecule has 0 aliphatic carbocycles. The maximum atomic E-state index is 12.8. The third kappa shape index (κ3) is 2.97. The molecule has 1 N–H and O–H groups in total. The van der Waals surface area contributed by atoms with Gasteiger partial charge in [0.25, 0.3) is 5.91 Å². The minimum Gasteiger partial charge on any atom is -0.497 e. The number of amides is 1. The number of methoxy groups -OCH3 is 1. The lowest BCUT2D eigenvalue weighted by Crippen LogP contribution is -2.28. The molecule has 5 nitrogen and oxygen atoms in total. The van der Waals surface area contributed by atoms with Crippen molar-refractivity contribution in [2.45, 2.75) is 26.8 Å². The van der Waals surface area contributed by atoms with Crippen molar-refractivity contribution in [3.05, 3.63) is 65.1 Å². The van der Waals surface area contributed by atoms with Gasteiger partial charge in [0.15, 0.2) is 0 Å². The molecule has 3 rings (SSSR count). The molecule has 1 amide bonds. The molecule has 0 saturated carbocycles. The second-order valence-corrected chi connectivity index (χ2v) is 5.95. The Bertz CT molecular complexity index is 882. The number of carbonyl (C=O) groups excluding carboxylic acids is 1. The van der Waals surface area contributed by atoms with Crippen LogP contribution in [-0.2, 0) is 0 Å². The van der Waals surface area contributed by atoms with Gasteiger partial charge < -0.3 is 10.1 Å². The Balaban J connectivity index is 1.86. The molecule has 2 heterocycles. The standard InChI is InChI=1S/C19H21N3O2/c1-12-5-10-17-20-14(3)18(22(17)11-12)19(23)21-13(2)15-6-8-16(24-4)9-7-15/h5-11,13H,1-4H3,(H,21,23)/t13-/m1/s1. The van der Waals surface area contributed by atoms with Crippen molar-refractivity contribution in [1.82, 2.24) is 14.7 Å². The number of ether oxygens (including phenoxy) is 1. The van der Waals surface area contributed by atoms with Gasteiger partial charge in [-0.15, -0.1) is 0 Å². The average Bonchev–Trinajstić information content (AvgIpc) is 2.90. The lowest BCUT2D eigenvalue weighted by atomic mass is 10.1. The van der Waals surface area contributed by atoms with Crippen LogP contribution in [0.25, 0.3) is 5.65 Å². The zero-order valence-electron chi connectivity index (χ0n) is 14.3. The molecular formula is C19H21N3O2. The number of aryl methyl sites for hydroxylation is 2. The van der Waals surface area contributed by atoms with Crippen molar-refractivity contribution in [3.63, 3.8) is 0 Å². The second kappa shape index (κ2) is 6.35. The fourth-order valence-electron chi connectivity index (χ4n) is 2.78. The normalized spacial score (nSPS) is 12.2. The summed E-state index contributed by atoms with van der Waals surface area (Å²) >= 11 is 0. The first-order chi connectivity index (χ1) is 11.5. The largest absolute Gasteiger partial charge is 0.497 e. The molecule has 1 aromatic carbocycles. The fourth-order valence-corrected chi connectivity index (χ4v) is 2.78. The van der Waals surface area contributed by atoms with Gasteiger partial charge in [-0.2, -0.15) is 0 Å². The van der Waals surface area contributed by atoms with Gasteiger partial charge in [0, 0.05) is 6.20 Å². The highest BCUT2D eigenvalue weighted by molar-refractivity contribution is 5.94. The number of imidazole rings is 1. The van der Waals surface area contributed by atoms with Crippen LogP contribution >= 0.6 is 0 Å². The minimum atomic E-state index is -0.131. The molecule has 0 aliphatic rings. The first-order valence-electron chi connectivity index (χ1n) is 7.89. The van der Waals surface area contributed by atoms with Crippen LogP contribution in [0, 0.1) is 13.8 Å². The van der Waals surface area contributed by atoms with Crippen LogP contribution in [0.2, 0.25) is 0 Å². The number of fused-ring (bicyclic) bond motifs is 1. The lowest BCUT2D eigenvalue weighted by molar-refractivity contribution is 0.0933. The summed E-state index contributed by atoms with van der Waals surface area (Å²) in [6.45, 7) is 5.81. The van der Waals surface area contributed by atoms with E-state index in [9.17, 15) is 4.79 Å². The van der Waals surface area contributed by atoms with Gasteiger partial charge in [-0.25, -0.2) is 4.98 Å². The number of aromatic nitrogens is 2. The Morgan fingerprint density at radius 2 is 1.88 bits per heavy atom. The van der Waals surface area contributed by atoms with Crippen LogP contribution in [0.5, 0.6) is 5.75 Å². The molecule has 124 valence electrons. The minimum absolute atomic E-state index is 0.113. The van der Waals surface area contributed by atoms with Crippen LogP contribution < -0.4 is 10.1 Å². The van der Waals surface area contributed by atoms with Gasteiger partial charge in [-0.1, -0.05) is 18.2 Å². The number of pyridine rings is 1.